The van der Waals surface area contributed by atoms with E-state index >= 15 is 0 Å². The number of esters is 1. The average molecular weight is 355 g/mol. The normalized spacial score (nSPS) is 11.5. The van der Waals surface area contributed by atoms with Crippen molar-refractivity contribution >= 4 is 16.9 Å². The summed E-state index contributed by atoms with van der Waals surface area (Å²) in [6.45, 7) is 2.23. The summed E-state index contributed by atoms with van der Waals surface area (Å²) in [5, 5.41) is 1.02. The lowest BCUT2D eigenvalue weighted by Crippen LogP contribution is -2.25. The number of nitrogens with one attached hydrogen (secondary N) is 1. The molecule has 0 atom stereocenters. The van der Waals surface area contributed by atoms with E-state index < -0.39 is 0 Å². The van der Waals surface area contributed by atoms with E-state index in [0.717, 1.165) is 16.5 Å². The number of carbonyl (C=O) groups excluding carboxylic acids is 1. The summed E-state index contributed by atoms with van der Waals surface area (Å²) in [6.07, 6.45) is 2.05. The second-order valence-electron chi connectivity index (χ2n) is 6.81. The zero-order valence-electron chi connectivity index (χ0n) is 15.4. The lowest BCUT2D eigenvalue weighted by Gasteiger charge is -2.31. The van der Waals surface area contributed by atoms with Gasteiger partial charge in [0.2, 0.25) is 0 Å². The molecule has 0 aliphatic rings. The zero-order valence-corrected chi connectivity index (χ0v) is 15.4. The van der Waals surface area contributed by atoms with E-state index in [1.54, 1.807) is 6.07 Å². The highest BCUT2D eigenvalue weighted by molar-refractivity contribution is 5.96. The summed E-state index contributed by atoms with van der Waals surface area (Å²) in [4.78, 5) is 15.4. The Kier molecular flexibility index (Phi) is 4.28. The summed E-state index contributed by atoms with van der Waals surface area (Å²) >= 11 is 0. The van der Waals surface area contributed by atoms with Crippen molar-refractivity contribution in [1.82, 2.24) is 4.98 Å². The van der Waals surface area contributed by atoms with E-state index in [9.17, 15) is 4.79 Å². The largest absolute Gasteiger partial charge is 0.465 e. The molecular formula is C24H21NO2. The number of carbonyl (C=O) groups is 1. The number of aromatic nitrogens is 1. The lowest BCUT2D eigenvalue weighted by molar-refractivity contribution is 0.0601. The van der Waals surface area contributed by atoms with Crippen molar-refractivity contribution in [2.45, 2.75) is 12.3 Å². The smallest absolute Gasteiger partial charge is 0.337 e. The van der Waals surface area contributed by atoms with Gasteiger partial charge in [-0.25, -0.2) is 4.79 Å². The van der Waals surface area contributed by atoms with Crippen LogP contribution in [0.2, 0.25) is 0 Å². The van der Waals surface area contributed by atoms with Crippen LogP contribution in [0.15, 0.2) is 85.1 Å². The zero-order chi connectivity index (χ0) is 18.9. The standard InChI is InChI=1S/C24H21NO2/c1-24(18-9-5-3-6-10-18,19-11-7-4-8-12-19)21-16-25-22-14-13-17(15-20(21)22)23(26)27-2/h3-16,25H,1-2H3. The molecule has 0 fully saturated rings. The molecule has 3 aromatic carbocycles. The Hall–Kier alpha value is -3.33. The van der Waals surface area contributed by atoms with E-state index in [4.69, 9.17) is 4.74 Å². The molecule has 0 amide bonds. The molecule has 0 unspecified atom stereocenters. The Morgan fingerprint density at radius 1 is 0.889 bits per heavy atom. The first-order chi connectivity index (χ1) is 13.1. The number of ether oxygens (including phenoxy) is 1. The average Bonchev–Trinajstić information content (AvgIpc) is 3.17. The molecule has 0 bridgehead atoms. The highest BCUT2D eigenvalue weighted by Crippen LogP contribution is 2.42. The number of aromatic amines is 1. The fourth-order valence-corrected chi connectivity index (χ4v) is 3.80. The molecule has 1 heterocycles. The van der Waals surface area contributed by atoms with Crippen molar-refractivity contribution < 1.29 is 9.53 Å². The van der Waals surface area contributed by atoms with Crippen molar-refractivity contribution in [3.63, 3.8) is 0 Å². The van der Waals surface area contributed by atoms with Crippen molar-refractivity contribution in [3.8, 4) is 0 Å². The van der Waals surface area contributed by atoms with Gasteiger partial charge in [-0.15, -0.1) is 0 Å². The van der Waals surface area contributed by atoms with Crippen LogP contribution in [0.25, 0.3) is 10.9 Å². The topological polar surface area (TPSA) is 42.1 Å². The Labute approximate surface area is 158 Å². The molecule has 0 radical (unpaired) electrons. The molecule has 1 aromatic heterocycles. The molecule has 27 heavy (non-hydrogen) atoms. The molecular weight excluding hydrogens is 334 g/mol. The maximum atomic E-state index is 12.0. The number of methoxy groups -OCH3 is 1. The molecule has 3 heteroatoms. The van der Waals surface area contributed by atoms with Gasteiger partial charge in [-0.1, -0.05) is 60.7 Å². The van der Waals surface area contributed by atoms with Crippen molar-refractivity contribution in [3.05, 3.63) is 107 Å². The van der Waals surface area contributed by atoms with Crippen molar-refractivity contribution in [1.29, 1.82) is 0 Å². The summed E-state index contributed by atoms with van der Waals surface area (Å²) in [5.41, 5.74) is 4.70. The summed E-state index contributed by atoms with van der Waals surface area (Å²) in [5.74, 6) is -0.329. The summed E-state index contributed by atoms with van der Waals surface area (Å²) in [6, 6.07) is 26.5. The first-order valence-electron chi connectivity index (χ1n) is 8.95. The molecule has 134 valence electrons. The molecule has 4 rings (SSSR count). The highest BCUT2D eigenvalue weighted by atomic mass is 16.5. The van der Waals surface area contributed by atoms with Crippen LogP contribution >= 0.6 is 0 Å². The van der Waals surface area contributed by atoms with Gasteiger partial charge in [-0.05, 0) is 41.8 Å². The van der Waals surface area contributed by atoms with Crippen LogP contribution in [0.3, 0.4) is 0 Å². The van der Waals surface area contributed by atoms with Gasteiger partial charge in [0.05, 0.1) is 12.7 Å². The molecule has 1 N–H and O–H groups in total. The SMILES string of the molecule is COC(=O)c1ccc2[nH]cc(C(C)(c3ccccc3)c3ccccc3)c2c1. The molecule has 0 aliphatic heterocycles. The predicted molar refractivity (Wildman–Crippen MR) is 108 cm³/mol. The van der Waals surface area contributed by atoms with Crippen molar-refractivity contribution in [2.24, 2.45) is 0 Å². The maximum absolute atomic E-state index is 12.0. The highest BCUT2D eigenvalue weighted by Gasteiger charge is 2.33. The summed E-state index contributed by atoms with van der Waals surface area (Å²) < 4.78 is 4.91. The fraction of sp³-hybridized carbons (Fsp3) is 0.125. The Balaban J connectivity index is 2.00. The van der Waals surface area contributed by atoms with Crippen LogP contribution < -0.4 is 0 Å². The van der Waals surface area contributed by atoms with Crippen LogP contribution in [0, 0.1) is 0 Å². The first-order valence-corrected chi connectivity index (χ1v) is 8.95. The van der Waals surface area contributed by atoms with Gasteiger partial charge in [0.1, 0.15) is 0 Å². The third kappa shape index (κ3) is 2.81. The second-order valence-corrected chi connectivity index (χ2v) is 6.81. The number of hydrogen-bond donors (Lipinski definition) is 1. The number of hydrogen-bond acceptors (Lipinski definition) is 2. The lowest BCUT2D eigenvalue weighted by atomic mass is 9.71. The van der Waals surface area contributed by atoms with Crippen molar-refractivity contribution in [2.75, 3.05) is 7.11 Å². The molecule has 0 spiro atoms. The number of H-pyrrole nitrogens is 1. The van der Waals surface area contributed by atoms with Gasteiger partial charge in [0.15, 0.2) is 0 Å². The Morgan fingerprint density at radius 2 is 1.48 bits per heavy atom. The minimum Gasteiger partial charge on any atom is -0.465 e. The van der Waals surface area contributed by atoms with Gasteiger partial charge >= 0.3 is 5.97 Å². The quantitative estimate of drug-likeness (QED) is 0.504. The van der Waals surface area contributed by atoms with Gasteiger partial charge < -0.3 is 9.72 Å². The molecule has 0 aliphatic carbocycles. The number of fused-ring (bicyclic) bond motifs is 1. The van der Waals surface area contributed by atoms with E-state index in [-0.39, 0.29) is 11.4 Å². The Morgan fingerprint density at radius 3 is 2.04 bits per heavy atom. The Bertz CT molecular complexity index is 1040. The van der Waals surface area contributed by atoms with Crippen LogP contribution in [0.4, 0.5) is 0 Å². The van der Waals surface area contributed by atoms with E-state index in [1.165, 1.54) is 18.2 Å². The van der Waals surface area contributed by atoms with Gasteiger partial charge in [-0.3, -0.25) is 0 Å². The van der Waals surface area contributed by atoms with Gasteiger partial charge in [0.25, 0.3) is 0 Å². The molecule has 0 saturated carbocycles. The van der Waals surface area contributed by atoms with Crippen LogP contribution in [-0.2, 0) is 10.2 Å². The summed E-state index contributed by atoms with van der Waals surface area (Å²) in [7, 11) is 1.41. The van der Waals surface area contributed by atoms with Crippen LogP contribution in [0.5, 0.6) is 0 Å². The second kappa shape index (κ2) is 6.76. The number of rotatable bonds is 4. The predicted octanol–water partition coefficient (Wildman–Crippen LogP) is 5.31. The first kappa shape index (κ1) is 17.1. The van der Waals surface area contributed by atoms with Gasteiger partial charge in [0, 0.05) is 22.5 Å². The van der Waals surface area contributed by atoms with Gasteiger partial charge in [-0.2, -0.15) is 0 Å². The van der Waals surface area contributed by atoms with E-state index in [0.29, 0.717) is 5.56 Å². The van der Waals surface area contributed by atoms with Crippen LogP contribution in [-0.4, -0.2) is 18.1 Å². The molecule has 4 aromatic rings. The molecule has 3 nitrogen and oxygen atoms in total. The number of benzene rings is 3. The monoisotopic (exact) mass is 355 g/mol. The minimum atomic E-state index is -0.366. The maximum Gasteiger partial charge on any atom is 0.337 e. The fourth-order valence-electron chi connectivity index (χ4n) is 3.80. The molecule has 0 saturated heterocycles. The minimum absolute atomic E-state index is 0.329. The van der Waals surface area contributed by atoms with E-state index in [1.807, 2.05) is 30.5 Å². The third-order valence-electron chi connectivity index (χ3n) is 5.34. The third-order valence-corrected chi connectivity index (χ3v) is 5.34. The van der Waals surface area contributed by atoms with E-state index in [2.05, 4.69) is 60.4 Å². The van der Waals surface area contributed by atoms with Crippen LogP contribution in [0.1, 0.15) is 34.0 Å².